The Morgan fingerprint density at radius 3 is 2.89 bits per heavy atom. The summed E-state index contributed by atoms with van der Waals surface area (Å²) in [5, 5.41) is 20.3. The Labute approximate surface area is 109 Å². The van der Waals surface area contributed by atoms with E-state index in [0.29, 0.717) is 19.6 Å². The molecule has 102 valence electrons. The normalized spacial score (nSPS) is 18.3. The number of ether oxygens (including phenoxy) is 1. The maximum Gasteiger partial charge on any atom is 0.282 e. The van der Waals surface area contributed by atoms with Crippen LogP contribution in [0.3, 0.4) is 0 Å². The highest BCUT2D eigenvalue weighted by Gasteiger charge is 2.29. The summed E-state index contributed by atoms with van der Waals surface area (Å²) in [5.74, 6) is -0.664. The molecule has 1 aliphatic heterocycles. The van der Waals surface area contributed by atoms with Crippen molar-refractivity contribution in [3.63, 3.8) is 0 Å². The highest BCUT2D eigenvalue weighted by Crippen LogP contribution is 2.25. The molecule has 19 heavy (non-hydrogen) atoms. The molecule has 1 N–H and O–H groups in total. The van der Waals surface area contributed by atoms with Crippen LogP contribution in [0.25, 0.3) is 0 Å². The molecule has 7 heteroatoms. The molecule has 1 aromatic carbocycles. The van der Waals surface area contributed by atoms with Crippen LogP contribution in [-0.2, 0) is 4.74 Å². The summed E-state index contributed by atoms with van der Waals surface area (Å²) >= 11 is 0. The van der Waals surface area contributed by atoms with Crippen molar-refractivity contribution in [1.82, 2.24) is 4.90 Å². The molecule has 7 nitrogen and oxygen atoms in total. The van der Waals surface area contributed by atoms with E-state index in [1.54, 1.807) is 7.05 Å². The van der Waals surface area contributed by atoms with Gasteiger partial charge in [0.1, 0.15) is 11.3 Å². The maximum absolute atomic E-state index is 12.3. The van der Waals surface area contributed by atoms with Gasteiger partial charge in [-0.05, 0) is 18.6 Å². The minimum absolute atomic E-state index is 0.0885. The van der Waals surface area contributed by atoms with Gasteiger partial charge in [-0.3, -0.25) is 14.9 Å². The van der Waals surface area contributed by atoms with E-state index in [9.17, 15) is 20.0 Å². The minimum Gasteiger partial charge on any atom is -0.508 e. The Balaban J connectivity index is 2.31. The number of rotatable bonds is 3. The van der Waals surface area contributed by atoms with Crippen LogP contribution in [0.5, 0.6) is 5.75 Å². The minimum atomic E-state index is -0.633. The smallest absolute Gasteiger partial charge is 0.282 e. The molecule has 1 saturated heterocycles. The SMILES string of the molecule is CN(C(=O)c1cc(O)ccc1[N+](=O)[O-])C1CCOC1. The van der Waals surface area contributed by atoms with Crippen molar-refractivity contribution in [3.8, 4) is 5.75 Å². The number of amides is 1. The predicted molar refractivity (Wildman–Crippen MR) is 66.1 cm³/mol. The Kier molecular flexibility index (Phi) is 3.66. The summed E-state index contributed by atoms with van der Waals surface area (Å²) in [5.41, 5.74) is -0.423. The van der Waals surface area contributed by atoms with Crippen LogP contribution in [0.4, 0.5) is 5.69 Å². The van der Waals surface area contributed by atoms with Gasteiger partial charge in [-0.15, -0.1) is 0 Å². The molecule has 0 bridgehead atoms. The number of phenols is 1. The van der Waals surface area contributed by atoms with Gasteiger partial charge in [0.15, 0.2) is 0 Å². The molecule has 1 aliphatic rings. The molecule has 0 spiro atoms. The molecule has 2 rings (SSSR count). The average molecular weight is 266 g/mol. The molecule has 1 fully saturated rings. The van der Waals surface area contributed by atoms with E-state index >= 15 is 0 Å². The van der Waals surface area contributed by atoms with E-state index in [1.165, 1.54) is 11.0 Å². The number of hydrogen-bond donors (Lipinski definition) is 1. The molecule has 0 aromatic heterocycles. The van der Waals surface area contributed by atoms with E-state index in [4.69, 9.17) is 4.74 Å². The number of carbonyl (C=O) groups excluding carboxylic acids is 1. The standard InChI is InChI=1S/C12H14N2O5/c1-13(8-4-5-19-7-8)12(16)10-6-9(15)2-3-11(10)14(17)18/h2-3,6,8,15H,4-5,7H2,1H3. The van der Waals surface area contributed by atoms with Crippen molar-refractivity contribution < 1.29 is 19.6 Å². The van der Waals surface area contributed by atoms with Gasteiger partial charge in [0, 0.05) is 19.7 Å². The number of nitro benzene ring substituents is 1. The number of phenolic OH excluding ortho intramolecular Hbond substituents is 1. The third-order valence-electron chi connectivity index (χ3n) is 3.18. The van der Waals surface area contributed by atoms with E-state index in [1.807, 2.05) is 0 Å². The van der Waals surface area contributed by atoms with Gasteiger partial charge < -0.3 is 14.7 Å². The van der Waals surface area contributed by atoms with Gasteiger partial charge >= 0.3 is 0 Å². The summed E-state index contributed by atoms with van der Waals surface area (Å²) < 4.78 is 5.19. The molecular weight excluding hydrogens is 252 g/mol. The van der Waals surface area contributed by atoms with Crippen LogP contribution in [0.1, 0.15) is 16.8 Å². The van der Waals surface area contributed by atoms with Gasteiger partial charge in [-0.1, -0.05) is 0 Å². The van der Waals surface area contributed by atoms with Crippen molar-refractivity contribution in [2.75, 3.05) is 20.3 Å². The molecule has 1 heterocycles. The maximum atomic E-state index is 12.3. The fourth-order valence-corrected chi connectivity index (χ4v) is 2.04. The number of nitrogens with zero attached hydrogens (tertiary/aromatic N) is 2. The van der Waals surface area contributed by atoms with Crippen LogP contribution < -0.4 is 0 Å². The molecule has 0 radical (unpaired) electrons. The Morgan fingerprint density at radius 1 is 1.58 bits per heavy atom. The van der Waals surface area contributed by atoms with Crippen LogP contribution >= 0.6 is 0 Å². The molecule has 1 aromatic rings. The number of nitro groups is 1. The lowest BCUT2D eigenvalue weighted by Crippen LogP contribution is -2.37. The topological polar surface area (TPSA) is 92.9 Å². The summed E-state index contributed by atoms with van der Waals surface area (Å²) in [6.07, 6.45) is 0.703. The second kappa shape index (κ2) is 5.23. The zero-order valence-corrected chi connectivity index (χ0v) is 10.4. The molecule has 0 saturated carbocycles. The number of benzene rings is 1. The van der Waals surface area contributed by atoms with Gasteiger partial charge in [-0.2, -0.15) is 0 Å². The van der Waals surface area contributed by atoms with Crippen LogP contribution in [0.15, 0.2) is 18.2 Å². The predicted octanol–water partition coefficient (Wildman–Crippen LogP) is 1.16. The largest absolute Gasteiger partial charge is 0.508 e. The van der Waals surface area contributed by atoms with Gasteiger partial charge in [0.25, 0.3) is 11.6 Å². The summed E-state index contributed by atoms with van der Waals surface area (Å²) in [4.78, 5) is 24.0. The lowest BCUT2D eigenvalue weighted by Gasteiger charge is -2.23. The molecular formula is C12H14N2O5. The second-order valence-electron chi connectivity index (χ2n) is 4.39. The Morgan fingerprint density at radius 2 is 2.32 bits per heavy atom. The van der Waals surface area contributed by atoms with Crippen molar-refractivity contribution in [2.24, 2.45) is 0 Å². The lowest BCUT2D eigenvalue weighted by molar-refractivity contribution is -0.385. The first kappa shape index (κ1) is 13.3. The van der Waals surface area contributed by atoms with E-state index < -0.39 is 10.8 Å². The lowest BCUT2D eigenvalue weighted by atomic mass is 10.1. The highest BCUT2D eigenvalue weighted by atomic mass is 16.6. The van der Waals surface area contributed by atoms with E-state index in [-0.39, 0.29) is 23.0 Å². The van der Waals surface area contributed by atoms with Crippen LogP contribution in [0.2, 0.25) is 0 Å². The summed E-state index contributed by atoms with van der Waals surface area (Å²) in [7, 11) is 1.58. The fraction of sp³-hybridized carbons (Fsp3) is 0.417. The number of hydrogen-bond acceptors (Lipinski definition) is 5. The van der Waals surface area contributed by atoms with Crippen molar-refractivity contribution in [1.29, 1.82) is 0 Å². The highest BCUT2D eigenvalue weighted by molar-refractivity contribution is 5.98. The second-order valence-corrected chi connectivity index (χ2v) is 4.39. The number of carbonyl (C=O) groups is 1. The van der Waals surface area contributed by atoms with Crippen molar-refractivity contribution >= 4 is 11.6 Å². The molecule has 1 unspecified atom stereocenters. The first-order valence-corrected chi connectivity index (χ1v) is 5.83. The van der Waals surface area contributed by atoms with E-state index in [0.717, 1.165) is 12.1 Å². The number of likely N-dealkylation sites (N-methyl/N-ethyl adjacent to an activating group) is 1. The van der Waals surface area contributed by atoms with Crippen molar-refractivity contribution in [2.45, 2.75) is 12.5 Å². The quantitative estimate of drug-likeness (QED) is 0.654. The first-order chi connectivity index (χ1) is 9.00. The van der Waals surface area contributed by atoms with Crippen molar-refractivity contribution in [3.05, 3.63) is 33.9 Å². The van der Waals surface area contributed by atoms with Gasteiger partial charge in [0.2, 0.25) is 0 Å². The molecule has 1 atom stereocenters. The third-order valence-corrected chi connectivity index (χ3v) is 3.18. The fourth-order valence-electron chi connectivity index (χ4n) is 2.04. The number of aromatic hydroxyl groups is 1. The Hall–Kier alpha value is -2.15. The Bertz CT molecular complexity index is 511. The van der Waals surface area contributed by atoms with Crippen LogP contribution in [-0.4, -0.2) is 47.1 Å². The van der Waals surface area contributed by atoms with Crippen LogP contribution in [0, 0.1) is 10.1 Å². The first-order valence-electron chi connectivity index (χ1n) is 5.83. The molecule has 1 amide bonds. The third kappa shape index (κ3) is 2.65. The average Bonchev–Trinajstić information content (AvgIpc) is 2.90. The zero-order chi connectivity index (χ0) is 14.0. The zero-order valence-electron chi connectivity index (χ0n) is 10.4. The molecule has 0 aliphatic carbocycles. The van der Waals surface area contributed by atoms with E-state index in [2.05, 4.69) is 0 Å². The summed E-state index contributed by atoms with van der Waals surface area (Å²) in [6.45, 7) is 0.999. The van der Waals surface area contributed by atoms with Gasteiger partial charge in [-0.25, -0.2) is 0 Å². The monoisotopic (exact) mass is 266 g/mol. The summed E-state index contributed by atoms with van der Waals surface area (Å²) in [6, 6.07) is 3.34. The van der Waals surface area contributed by atoms with Gasteiger partial charge in [0.05, 0.1) is 17.6 Å².